The van der Waals surface area contributed by atoms with Gasteiger partial charge in [-0.2, -0.15) is 0 Å². The fourth-order valence-electron chi connectivity index (χ4n) is 1.68. The van der Waals surface area contributed by atoms with Crippen molar-refractivity contribution in [3.05, 3.63) is 60.7 Å². The molecule has 0 N–H and O–H groups in total. The van der Waals surface area contributed by atoms with Crippen LogP contribution >= 0.6 is 0 Å². The number of hydrogen-bond donors (Lipinski definition) is 0. The minimum Gasteiger partial charge on any atom is -0.0682 e. The standard InChI is InChI=1S/2C8H12Si.Rh/c2*1-9(2)8-6-4-3-5-7-8;/h2*3-7,9H,1-2H3;. The van der Waals surface area contributed by atoms with Crippen molar-refractivity contribution in [2.24, 2.45) is 0 Å². The van der Waals surface area contributed by atoms with Gasteiger partial charge in [0.15, 0.2) is 0 Å². The van der Waals surface area contributed by atoms with E-state index in [-0.39, 0.29) is 19.5 Å². The first kappa shape index (κ1) is 18.5. The van der Waals surface area contributed by atoms with Gasteiger partial charge in [-0.25, -0.2) is 0 Å². The molecule has 0 spiro atoms. The van der Waals surface area contributed by atoms with Crippen molar-refractivity contribution in [1.82, 2.24) is 0 Å². The second-order valence-electron chi connectivity index (χ2n) is 5.13. The van der Waals surface area contributed by atoms with Crippen molar-refractivity contribution in [2.75, 3.05) is 0 Å². The molecule has 0 fully saturated rings. The molecule has 0 saturated heterocycles. The summed E-state index contributed by atoms with van der Waals surface area (Å²) in [6.45, 7) is 9.37. The Labute approximate surface area is 134 Å². The third kappa shape index (κ3) is 7.61. The monoisotopic (exact) mass is 375 g/mol. The quantitative estimate of drug-likeness (QED) is 0.708. The summed E-state index contributed by atoms with van der Waals surface area (Å²) in [5, 5.41) is 3.11. The maximum atomic E-state index is 2.34. The van der Waals surface area contributed by atoms with Crippen LogP contribution in [0.3, 0.4) is 0 Å². The second-order valence-corrected chi connectivity index (χ2v) is 11.1. The van der Waals surface area contributed by atoms with Crippen LogP contribution < -0.4 is 10.4 Å². The molecule has 0 aliphatic carbocycles. The molecule has 0 aliphatic rings. The van der Waals surface area contributed by atoms with Crippen LogP contribution in [0, 0.1) is 0 Å². The summed E-state index contributed by atoms with van der Waals surface area (Å²) in [7, 11) is -1.06. The van der Waals surface area contributed by atoms with Crippen LogP contribution in [-0.2, 0) is 19.5 Å². The summed E-state index contributed by atoms with van der Waals surface area (Å²) < 4.78 is 0. The van der Waals surface area contributed by atoms with Crippen molar-refractivity contribution in [2.45, 2.75) is 26.2 Å². The first-order chi connectivity index (χ1) is 8.61. The van der Waals surface area contributed by atoms with E-state index in [4.69, 9.17) is 0 Å². The van der Waals surface area contributed by atoms with E-state index >= 15 is 0 Å². The van der Waals surface area contributed by atoms with Gasteiger partial charge in [0, 0.05) is 19.5 Å². The summed E-state index contributed by atoms with van der Waals surface area (Å²) in [5.74, 6) is 0. The topological polar surface area (TPSA) is 0 Å². The molecule has 0 bridgehead atoms. The average molecular weight is 375 g/mol. The van der Waals surface area contributed by atoms with Gasteiger partial charge in [-0.1, -0.05) is 97.2 Å². The summed E-state index contributed by atoms with van der Waals surface area (Å²) in [4.78, 5) is 0. The molecule has 19 heavy (non-hydrogen) atoms. The molecule has 0 saturated carbocycles. The maximum absolute atomic E-state index is 2.34. The van der Waals surface area contributed by atoms with Crippen molar-refractivity contribution in [3.63, 3.8) is 0 Å². The van der Waals surface area contributed by atoms with E-state index in [1.165, 1.54) is 0 Å². The Kier molecular flexibility index (Phi) is 10.0. The van der Waals surface area contributed by atoms with Crippen molar-refractivity contribution >= 4 is 28.0 Å². The summed E-state index contributed by atoms with van der Waals surface area (Å²) in [6.07, 6.45) is 0. The van der Waals surface area contributed by atoms with E-state index in [0.29, 0.717) is 0 Å². The molecule has 2 aromatic carbocycles. The molecule has 3 heteroatoms. The van der Waals surface area contributed by atoms with Crippen LogP contribution in [0.15, 0.2) is 60.7 Å². The molecule has 0 atom stereocenters. The molecule has 0 nitrogen and oxygen atoms in total. The number of benzene rings is 2. The van der Waals surface area contributed by atoms with Crippen LogP contribution in [0.4, 0.5) is 0 Å². The average Bonchev–Trinajstić information content (AvgIpc) is 2.41. The molecule has 2 aromatic rings. The minimum atomic E-state index is -0.529. The molecule has 0 amide bonds. The zero-order chi connectivity index (χ0) is 13.4. The van der Waals surface area contributed by atoms with Gasteiger partial charge >= 0.3 is 0 Å². The molecule has 0 aromatic heterocycles. The third-order valence-electron chi connectivity index (χ3n) is 2.93. The van der Waals surface area contributed by atoms with Gasteiger partial charge in [-0.3, -0.25) is 0 Å². The Morgan fingerprint density at radius 3 is 0.947 bits per heavy atom. The first-order valence-electron chi connectivity index (χ1n) is 6.71. The summed E-state index contributed by atoms with van der Waals surface area (Å²) in [5.41, 5.74) is 0. The Morgan fingerprint density at radius 2 is 0.789 bits per heavy atom. The van der Waals surface area contributed by atoms with E-state index in [1.807, 2.05) is 0 Å². The molecule has 0 aliphatic heterocycles. The van der Waals surface area contributed by atoms with Crippen molar-refractivity contribution < 1.29 is 19.5 Å². The Hall–Kier alpha value is -0.503. The molecule has 0 heterocycles. The fraction of sp³-hybridized carbons (Fsp3) is 0.250. The van der Waals surface area contributed by atoms with E-state index < -0.39 is 17.6 Å². The van der Waals surface area contributed by atoms with Gasteiger partial charge in [0.05, 0.1) is 17.6 Å². The number of hydrogen-bond acceptors (Lipinski definition) is 0. The van der Waals surface area contributed by atoms with E-state index in [2.05, 4.69) is 86.9 Å². The van der Waals surface area contributed by atoms with Gasteiger partial charge in [0.25, 0.3) is 0 Å². The second kappa shape index (κ2) is 10.3. The van der Waals surface area contributed by atoms with E-state index in [1.54, 1.807) is 10.4 Å². The SMILES string of the molecule is C[SiH](C)c1ccccc1.C[SiH](C)c1ccccc1.[Rh]. The van der Waals surface area contributed by atoms with Gasteiger partial charge in [0.2, 0.25) is 0 Å². The van der Waals surface area contributed by atoms with Crippen LogP contribution in [0.5, 0.6) is 0 Å². The van der Waals surface area contributed by atoms with Crippen LogP contribution in [0.2, 0.25) is 26.2 Å². The van der Waals surface area contributed by atoms with Crippen LogP contribution in [0.25, 0.3) is 0 Å². The zero-order valence-electron chi connectivity index (χ0n) is 12.3. The fourth-order valence-corrected chi connectivity index (χ4v) is 3.66. The minimum absolute atomic E-state index is 0. The van der Waals surface area contributed by atoms with E-state index in [0.717, 1.165) is 0 Å². The zero-order valence-corrected chi connectivity index (χ0v) is 16.2. The van der Waals surface area contributed by atoms with Crippen molar-refractivity contribution in [3.8, 4) is 0 Å². The molecule has 105 valence electrons. The first-order valence-corrected chi connectivity index (χ1v) is 12.5. The van der Waals surface area contributed by atoms with Crippen molar-refractivity contribution in [1.29, 1.82) is 0 Å². The van der Waals surface area contributed by atoms with Crippen LogP contribution in [0.1, 0.15) is 0 Å². The molecular weight excluding hydrogens is 351 g/mol. The van der Waals surface area contributed by atoms with Gasteiger partial charge in [-0.15, -0.1) is 0 Å². The third-order valence-corrected chi connectivity index (χ3v) is 6.37. The Morgan fingerprint density at radius 1 is 0.526 bits per heavy atom. The Bertz CT molecular complexity index is 384. The molecule has 1 radical (unpaired) electrons. The largest absolute Gasteiger partial charge is 0.0682 e. The molecule has 0 unspecified atom stereocenters. The summed E-state index contributed by atoms with van der Waals surface area (Å²) in [6, 6.07) is 21.5. The van der Waals surface area contributed by atoms with Crippen LogP contribution in [-0.4, -0.2) is 17.6 Å². The van der Waals surface area contributed by atoms with Gasteiger partial charge < -0.3 is 0 Å². The smallest absolute Gasteiger partial charge is 0.0647 e. The predicted molar refractivity (Wildman–Crippen MR) is 89.9 cm³/mol. The van der Waals surface area contributed by atoms with E-state index in [9.17, 15) is 0 Å². The number of rotatable bonds is 2. The maximum Gasteiger partial charge on any atom is 0.0647 e. The summed E-state index contributed by atoms with van der Waals surface area (Å²) >= 11 is 0. The normalized spacial score (nSPS) is 9.58. The molecule has 2 rings (SSSR count). The Balaban J connectivity index is 0.000000324. The molecular formula is C16H24RhSi2. The van der Waals surface area contributed by atoms with Gasteiger partial charge in [-0.05, 0) is 0 Å². The van der Waals surface area contributed by atoms with Gasteiger partial charge in [0.1, 0.15) is 0 Å². The predicted octanol–water partition coefficient (Wildman–Crippen LogP) is 2.76.